The van der Waals surface area contributed by atoms with Gasteiger partial charge in [0.15, 0.2) is 0 Å². The number of carbonyl (C=O) groups is 2. The molecule has 2 N–H and O–H groups in total. The Hall–Kier alpha value is -5.74. The molecular weight excluding hydrogens is 540 g/mol. The average molecular weight is 573 g/mol. The molecule has 0 bridgehead atoms. The fraction of sp³-hybridized carbons (Fsp3) is 0.0500. The summed E-state index contributed by atoms with van der Waals surface area (Å²) in [6.07, 6.45) is 0. The van der Waals surface area contributed by atoms with Gasteiger partial charge in [0.1, 0.15) is 11.1 Å². The quantitative estimate of drug-likeness (QED) is 0.150. The maximum atomic E-state index is 14.3. The molecule has 0 radical (unpaired) electrons. The van der Waals surface area contributed by atoms with Gasteiger partial charge in [-0.1, -0.05) is 182 Å². The van der Waals surface area contributed by atoms with E-state index in [-0.39, 0.29) is 0 Å². The number of hydrogen-bond donors (Lipinski definition) is 2. The van der Waals surface area contributed by atoms with Crippen LogP contribution in [0.2, 0.25) is 0 Å². The summed E-state index contributed by atoms with van der Waals surface area (Å²) >= 11 is 0. The average Bonchev–Trinajstić information content (AvgIpc) is 3.11. The molecule has 0 spiro atoms. The van der Waals surface area contributed by atoms with Crippen LogP contribution >= 0.6 is 0 Å². The largest absolute Gasteiger partial charge is 0.330 e. The zero-order valence-corrected chi connectivity index (χ0v) is 24.1. The Bertz CT molecular complexity index is 1480. The molecule has 0 aromatic heterocycles. The molecular formula is C40H32N2O2. The number of hydrogen-bond acceptors (Lipinski definition) is 2. The minimum absolute atomic E-state index is 0.756. The Morgan fingerprint density at radius 1 is 0.295 bits per heavy atom. The lowest BCUT2D eigenvalue weighted by atomic mass is 9.76. The lowest BCUT2D eigenvalue weighted by molar-refractivity contribution is -0.140. The highest BCUT2D eigenvalue weighted by Gasteiger charge is 2.43. The second-order valence-corrected chi connectivity index (χ2v) is 10.6. The summed E-state index contributed by atoms with van der Waals surface area (Å²) in [4.78, 5) is 28.7. The minimum Gasteiger partial charge on any atom is -0.330 e. The fourth-order valence-corrected chi connectivity index (χ4v) is 6.02. The number of rotatable bonds is 8. The molecule has 0 aliphatic rings. The van der Waals surface area contributed by atoms with Crippen LogP contribution in [0.1, 0.15) is 33.4 Å². The van der Waals surface area contributed by atoms with Crippen molar-refractivity contribution in [1.82, 2.24) is 10.6 Å². The lowest BCUT2D eigenvalue weighted by Crippen LogP contribution is -2.56. The van der Waals surface area contributed by atoms with Crippen LogP contribution < -0.4 is 10.6 Å². The number of carbonyl (C=O) groups excluding carboxylic acids is 2. The minimum atomic E-state index is -1.13. The summed E-state index contributed by atoms with van der Waals surface area (Å²) in [6.45, 7) is 0. The van der Waals surface area contributed by atoms with E-state index in [9.17, 15) is 9.59 Å². The standard InChI is InChI=1S/C40H32N2O2/c43-37(41-39(31-19-7-1-8-20-31,32-21-9-2-10-22-32)33-23-11-3-12-24-33)38(44)42-40(34-25-13-4-14-26-34,35-27-15-5-16-28-35)36-29-17-6-18-30-36/h1-30H,(H,41,43)(H,42,44). The molecule has 6 aromatic rings. The third-order valence-corrected chi connectivity index (χ3v) is 8.05. The molecule has 0 fully saturated rings. The molecule has 0 atom stereocenters. The van der Waals surface area contributed by atoms with Crippen molar-refractivity contribution in [3.05, 3.63) is 215 Å². The summed E-state index contributed by atoms with van der Waals surface area (Å²) in [7, 11) is 0. The summed E-state index contributed by atoms with van der Waals surface area (Å²) in [5, 5.41) is 6.41. The maximum Gasteiger partial charge on any atom is 0.310 e. The smallest absolute Gasteiger partial charge is 0.310 e. The van der Waals surface area contributed by atoms with Gasteiger partial charge in [0.2, 0.25) is 0 Å². The van der Waals surface area contributed by atoms with Crippen LogP contribution in [0.15, 0.2) is 182 Å². The number of nitrogens with one attached hydrogen (secondary N) is 2. The predicted molar refractivity (Wildman–Crippen MR) is 175 cm³/mol. The zero-order valence-electron chi connectivity index (χ0n) is 24.1. The molecule has 2 amide bonds. The highest BCUT2D eigenvalue weighted by molar-refractivity contribution is 6.35. The van der Waals surface area contributed by atoms with Crippen molar-refractivity contribution in [3.8, 4) is 0 Å². The van der Waals surface area contributed by atoms with E-state index in [4.69, 9.17) is 0 Å². The Labute approximate surface area is 258 Å². The summed E-state index contributed by atoms with van der Waals surface area (Å²) < 4.78 is 0. The van der Waals surface area contributed by atoms with Crippen LogP contribution in [0.5, 0.6) is 0 Å². The molecule has 0 unspecified atom stereocenters. The number of amides is 2. The van der Waals surface area contributed by atoms with Crippen molar-refractivity contribution in [2.24, 2.45) is 0 Å². The molecule has 6 aromatic carbocycles. The molecule has 0 aliphatic heterocycles. The third-order valence-electron chi connectivity index (χ3n) is 8.05. The lowest BCUT2D eigenvalue weighted by Gasteiger charge is -2.39. The fourth-order valence-electron chi connectivity index (χ4n) is 6.02. The first-order valence-electron chi connectivity index (χ1n) is 14.6. The van der Waals surface area contributed by atoms with E-state index in [0.717, 1.165) is 33.4 Å². The van der Waals surface area contributed by atoms with Crippen molar-refractivity contribution in [2.45, 2.75) is 11.1 Å². The Morgan fingerprint density at radius 3 is 0.614 bits per heavy atom. The van der Waals surface area contributed by atoms with Gasteiger partial charge in [-0.3, -0.25) is 9.59 Å². The topological polar surface area (TPSA) is 58.2 Å². The Kier molecular flexibility index (Phi) is 8.15. The number of benzene rings is 6. The summed E-state index contributed by atoms with van der Waals surface area (Å²) in [5.41, 5.74) is 2.73. The van der Waals surface area contributed by atoms with Crippen molar-refractivity contribution < 1.29 is 9.59 Å². The van der Waals surface area contributed by atoms with Crippen LogP contribution in [0.4, 0.5) is 0 Å². The van der Waals surface area contributed by atoms with Crippen LogP contribution in [-0.2, 0) is 20.7 Å². The van der Waals surface area contributed by atoms with Crippen LogP contribution in [0.25, 0.3) is 0 Å². The molecule has 44 heavy (non-hydrogen) atoms. The normalized spacial score (nSPS) is 11.4. The van der Waals surface area contributed by atoms with Gasteiger partial charge >= 0.3 is 11.8 Å². The molecule has 0 aliphatic carbocycles. The van der Waals surface area contributed by atoms with Crippen LogP contribution in [0.3, 0.4) is 0 Å². The van der Waals surface area contributed by atoms with Gasteiger partial charge in [0, 0.05) is 0 Å². The zero-order chi connectivity index (χ0) is 30.2. The molecule has 6 rings (SSSR count). The van der Waals surface area contributed by atoms with Crippen LogP contribution in [-0.4, -0.2) is 11.8 Å². The molecule has 0 heterocycles. The van der Waals surface area contributed by atoms with E-state index in [1.165, 1.54) is 0 Å². The highest BCUT2D eigenvalue weighted by Crippen LogP contribution is 2.38. The molecule has 0 saturated carbocycles. The molecule has 4 nitrogen and oxygen atoms in total. The van der Waals surface area contributed by atoms with E-state index in [0.29, 0.717) is 0 Å². The van der Waals surface area contributed by atoms with E-state index in [1.807, 2.05) is 182 Å². The van der Waals surface area contributed by atoms with Crippen molar-refractivity contribution in [3.63, 3.8) is 0 Å². The van der Waals surface area contributed by atoms with E-state index < -0.39 is 22.9 Å². The van der Waals surface area contributed by atoms with E-state index >= 15 is 0 Å². The highest BCUT2D eigenvalue weighted by atomic mass is 16.2. The first-order chi connectivity index (χ1) is 21.6. The van der Waals surface area contributed by atoms with Gasteiger partial charge in [0.05, 0.1) is 0 Å². The van der Waals surface area contributed by atoms with Gasteiger partial charge in [-0.15, -0.1) is 0 Å². The van der Waals surface area contributed by atoms with Gasteiger partial charge in [0.25, 0.3) is 0 Å². The Morgan fingerprint density at radius 2 is 0.455 bits per heavy atom. The van der Waals surface area contributed by atoms with Crippen molar-refractivity contribution in [1.29, 1.82) is 0 Å². The second-order valence-electron chi connectivity index (χ2n) is 10.6. The van der Waals surface area contributed by atoms with Crippen molar-refractivity contribution in [2.75, 3.05) is 0 Å². The van der Waals surface area contributed by atoms with Crippen LogP contribution in [0, 0.1) is 0 Å². The maximum absolute atomic E-state index is 14.3. The Balaban J connectivity index is 1.49. The summed E-state index contributed by atoms with van der Waals surface area (Å²) in [6, 6.07) is 58.5. The molecule has 4 heteroatoms. The van der Waals surface area contributed by atoms with Gasteiger partial charge in [-0.05, 0) is 33.4 Å². The van der Waals surface area contributed by atoms with Gasteiger partial charge in [-0.2, -0.15) is 0 Å². The third kappa shape index (κ3) is 5.30. The monoisotopic (exact) mass is 572 g/mol. The SMILES string of the molecule is O=C(NC(c1ccccc1)(c1ccccc1)c1ccccc1)C(=O)NC(c1ccccc1)(c1ccccc1)c1ccccc1. The van der Waals surface area contributed by atoms with Gasteiger partial charge < -0.3 is 10.6 Å². The first-order valence-corrected chi connectivity index (χ1v) is 14.6. The van der Waals surface area contributed by atoms with E-state index in [1.54, 1.807) is 0 Å². The molecule has 214 valence electrons. The second kappa shape index (κ2) is 12.6. The predicted octanol–water partition coefficient (Wildman–Crippen LogP) is 7.20. The first kappa shape index (κ1) is 28.4. The molecule has 0 saturated heterocycles. The van der Waals surface area contributed by atoms with E-state index in [2.05, 4.69) is 10.6 Å². The van der Waals surface area contributed by atoms with Gasteiger partial charge in [-0.25, -0.2) is 0 Å². The summed E-state index contributed by atoms with van der Waals surface area (Å²) in [5.74, 6) is -1.51. The van der Waals surface area contributed by atoms with Crippen molar-refractivity contribution >= 4 is 11.8 Å².